The molecule has 1 atom stereocenters. The van der Waals surface area contributed by atoms with E-state index in [-0.39, 0.29) is 44.0 Å². The van der Waals surface area contributed by atoms with Crippen LogP contribution in [0.3, 0.4) is 0 Å². The van der Waals surface area contributed by atoms with E-state index in [0.29, 0.717) is 12.8 Å². The number of hydrogen-bond acceptors (Lipinski definition) is 6. The number of unbranched alkanes of at least 4 members (excludes halogenated alkanes) is 27. The van der Waals surface area contributed by atoms with E-state index in [4.69, 9.17) is 14.2 Å². The molecule has 0 aromatic heterocycles. The molecule has 0 saturated heterocycles. The first-order valence-corrected chi connectivity index (χ1v) is 33.7. The highest BCUT2D eigenvalue weighted by atomic mass is 16.6. The highest BCUT2D eigenvalue weighted by Gasteiger charge is 2.19. The minimum absolute atomic E-state index is 0.107. The van der Waals surface area contributed by atoms with Gasteiger partial charge >= 0.3 is 17.9 Å². The fourth-order valence-electron chi connectivity index (χ4n) is 9.15. The first-order valence-electron chi connectivity index (χ1n) is 33.7. The Labute approximate surface area is 500 Å². The van der Waals surface area contributed by atoms with E-state index in [1.165, 1.54) is 128 Å². The van der Waals surface area contributed by atoms with Gasteiger partial charge in [0.15, 0.2) is 6.10 Å². The summed E-state index contributed by atoms with van der Waals surface area (Å²) in [5.74, 6) is -0.982. The van der Waals surface area contributed by atoms with Crippen molar-refractivity contribution >= 4 is 17.9 Å². The highest BCUT2D eigenvalue weighted by Crippen LogP contribution is 2.16. The molecule has 0 aliphatic heterocycles. The van der Waals surface area contributed by atoms with Crippen LogP contribution in [0.5, 0.6) is 0 Å². The quantitative estimate of drug-likeness (QED) is 0.0261. The third-order valence-electron chi connectivity index (χ3n) is 14.1. The first kappa shape index (κ1) is 76.5. The van der Waals surface area contributed by atoms with Crippen molar-refractivity contribution in [3.63, 3.8) is 0 Å². The van der Waals surface area contributed by atoms with Crippen molar-refractivity contribution in [3.8, 4) is 0 Å². The SMILES string of the molecule is CC/C=C\C/C=C\C/C=C\C/C=C\C/C=C\CCCCCCCC(=O)OC(COC(=O)CCC/C=C\C/C=C\C/C=C\C/C=C\C/C=C\CC)COC(=O)CCCCCCCCCCCCCCC/C=C\CCCCCCCCCC. The number of allylic oxidation sites excluding steroid dienone is 22. The molecule has 0 saturated carbocycles. The summed E-state index contributed by atoms with van der Waals surface area (Å²) in [4.78, 5) is 38.4. The van der Waals surface area contributed by atoms with Crippen LogP contribution < -0.4 is 0 Å². The van der Waals surface area contributed by atoms with Crippen molar-refractivity contribution in [2.45, 2.75) is 309 Å². The summed E-state index contributed by atoms with van der Waals surface area (Å²) in [7, 11) is 0. The predicted octanol–water partition coefficient (Wildman–Crippen LogP) is 23.3. The van der Waals surface area contributed by atoms with Crippen molar-refractivity contribution in [1.29, 1.82) is 0 Å². The average Bonchev–Trinajstić information content (AvgIpc) is 3.47. The van der Waals surface area contributed by atoms with E-state index < -0.39 is 6.10 Å². The van der Waals surface area contributed by atoms with Gasteiger partial charge < -0.3 is 14.2 Å². The summed E-state index contributed by atoms with van der Waals surface area (Å²) >= 11 is 0. The molecule has 6 heteroatoms. The molecule has 0 aliphatic carbocycles. The van der Waals surface area contributed by atoms with E-state index in [9.17, 15) is 14.4 Å². The molecular weight excluding hydrogens is 997 g/mol. The summed E-state index contributed by atoms with van der Waals surface area (Å²) in [5.41, 5.74) is 0. The molecule has 0 bridgehead atoms. The van der Waals surface area contributed by atoms with Crippen LogP contribution in [0.1, 0.15) is 303 Å². The molecule has 0 spiro atoms. The zero-order valence-corrected chi connectivity index (χ0v) is 52.8. The van der Waals surface area contributed by atoms with Crippen molar-refractivity contribution in [3.05, 3.63) is 134 Å². The van der Waals surface area contributed by atoms with Gasteiger partial charge in [0.25, 0.3) is 0 Å². The maximum atomic E-state index is 12.9. The summed E-state index contributed by atoms with van der Waals surface area (Å²) in [6.07, 6.45) is 96.2. The van der Waals surface area contributed by atoms with Gasteiger partial charge in [-0.15, -0.1) is 0 Å². The van der Waals surface area contributed by atoms with Gasteiger partial charge in [-0.25, -0.2) is 0 Å². The zero-order chi connectivity index (χ0) is 58.5. The first-order chi connectivity index (χ1) is 40.0. The number of hydrogen-bond donors (Lipinski definition) is 0. The zero-order valence-electron chi connectivity index (χ0n) is 52.8. The summed E-state index contributed by atoms with van der Waals surface area (Å²) in [6.45, 7) is 6.37. The lowest BCUT2D eigenvalue weighted by Crippen LogP contribution is -2.30. The van der Waals surface area contributed by atoms with E-state index in [2.05, 4.69) is 154 Å². The van der Waals surface area contributed by atoms with Crippen molar-refractivity contribution in [2.24, 2.45) is 0 Å². The van der Waals surface area contributed by atoms with Gasteiger partial charge in [0, 0.05) is 19.3 Å². The van der Waals surface area contributed by atoms with Crippen LogP contribution in [0, 0.1) is 0 Å². The molecule has 1 unspecified atom stereocenters. The van der Waals surface area contributed by atoms with Crippen LogP contribution in [0.15, 0.2) is 134 Å². The van der Waals surface area contributed by atoms with Crippen LogP contribution in [0.2, 0.25) is 0 Å². The average molecular weight is 1120 g/mol. The Kier molecular flexibility index (Phi) is 64.3. The summed E-state index contributed by atoms with van der Waals surface area (Å²) in [5, 5.41) is 0. The summed E-state index contributed by atoms with van der Waals surface area (Å²) < 4.78 is 16.9. The largest absolute Gasteiger partial charge is 0.462 e. The number of rotatable bonds is 60. The molecule has 0 rings (SSSR count). The molecule has 6 nitrogen and oxygen atoms in total. The molecule has 0 aromatic rings. The van der Waals surface area contributed by atoms with Gasteiger partial charge in [-0.05, 0) is 128 Å². The van der Waals surface area contributed by atoms with Crippen molar-refractivity contribution < 1.29 is 28.6 Å². The fourth-order valence-corrected chi connectivity index (χ4v) is 9.15. The molecule has 0 fully saturated rings. The minimum Gasteiger partial charge on any atom is -0.462 e. The third-order valence-corrected chi connectivity index (χ3v) is 14.1. The molecule has 81 heavy (non-hydrogen) atoms. The lowest BCUT2D eigenvalue weighted by atomic mass is 10.0. The number of carbonyl (C=O) groups excluding carboxylic acids is 3. The lowest BCUT2D eigenvalue weighted by Gasteiger charge is -2.18. The number of carbonyl (C=O) groups is 3. The second-order valence-electron chi connectivity index (χ2n) is 22.0. The van der Waals surface area contributed by atoms with Crippen molar-refractivity contribution in [1.82, 2.24) is 0 Å². The van der Waals surface area contributed by atoms with Gasteiger partial charge in [-0.2, -0.15) is 0 Å². The van der Waals surface area contributed by atoms with Gasteiger partial charge in [0.2, 0.25) is 0 Å². The topological polar surface area (TPSA) is 78.9 Å². The van der Waals surface area contributed by atoms with Crippen molar-refractivity contribution in [2.75, 3.05) is 13.2 Å². The maximum Gasteiger partial charge on any atom is 0.306 e. The molecule has 0 aromatic carbocycles. The fraction of sp³-hybridized carbons (Fsp3) is 0.667. The maximum absolute atomic E-state index is 12.9. The smallest absolute Gasteiger partial charge is 0.306 e. The normalized spacial score (nSPS) is 13.0. The minimum atomic E-state index is -0.818. The molecule has 0 amide bonds. The van der Waals surface area contributed by atoms with Crippen LogP contribution in [-0.4, -0.2) is 37.2 Å². The van der Waals surface area contributed by atoms with Crippen LogP contribution in [0.25, 0.3) is 0 Å². The van der Waals surface area contributed by atoms with Gasteiger partial charge in [0.1, 0.15) is 13.2 Å². The van der Waals surface area contributed by atoms with E-state index in [1.807, 2.05) is 0 Å². The van der Waals surface area contributed by atoms with Crippen LogP contribution in [0.4, 0.5) is 0 Å². The monoisotopic (exact) mass is 1120 g/mol. The molecule has 0 N–H and O–H groups in total. The van der Waals surface area contributed by atoms with E-state index in [1.54, 1.807) is 0 Å². The van der Waals surface area contributed by atoms with Gasteiger partial charge in [-0.3, -0.25) is 14.4 Å². The Morgan fingerprint density at radius 3 is 0.815 bits per heavy atom. The lowest BCUT2D eigenvalue weighted by molar-refractivity contribution is -0.167. The highest BCUT2D eigenvalue weighted by molar-refractivity contribution is 5.71. The van der Waals surface area contributed by atoms with Crippen LogP contribution >= 0.6 is 0 Å². The third kappa shape index (κ3) is 66.2. The Morgan fingerprint density at radius 1 is 0.259 bits per heavy atom. The Hall–Kier alpha value is -4.45. The Balaban J connectivity index is 4.45. The molecule has 0 radical (unpaired) electrons. The van der Waals surface area contributed by atoms with Gasteiger partial charge in [0.05, 0.1) is 0 Å². The van der Waals surface area contributed by atoms with Crippen LogP contribution in [-0.2, 0) is 28.6 Å². The standard InChI is InChI=1S/C75H124O6/c1-4-7-10-13-16-19-22-25-28-31-33-35-36-37-38-40-41-44-47-50-53-56-59-62-65-68-74(77)80-71-72(70-79-73(76)67-64-61-58-55-52-49-46-43-30-27-24-21-18-15-12-9-6-3)81-75(78)69-66-63-60-57-54-51-48-45-42-39-34-32-29-26-23-20-17-14-11-8-5-2/h8-9,11-12,17-18,20-21,26-27,29-31,33-34,39,45-46,48-49,55,58,72H,4-7,10,13-16,19,22-25,28,32,35-38,40-44,47,50-54,56-57,59-71H2,1-3H3/b11-8-,12-9-,20-17-,21-18-,29-26-,30-27-,33-31-,39-34-,48-45-,49-46-,58-55-. The Bertz CT molecular complexity index is 1720. The second kappa shape index (κ2) is 68.1. The van der Waals surface area contributed by atoms with Gasteiger partial charge in [-0.1, -0.05) is 289 Å². The second-order valence-corrected chi connectivity index (χ2v) is 22.0. The molecular formula is C75H124O6. The Morgan fingerprint density at radius 2 is 0.494 bits per heavy atom. The predicted molar refractivity (Wildman–Crippen MR) is 353 cm³/mol. The number of ether oxygens (including phenoxy) is 3. The summed E-state index contributed by atoms with van der Waals surface area (Å²) in [6, 6.07) is 0. The molecule has 0 heterocycles. The molecule has 0 aliphatic rings. The molecule has 460 valence electrons. The number of esters is 3. The van der Waals surface area contributed by atoms with E-state index >= 15 is 0 Å². The van der Waals surface area contributed by atoms with E-state index in [0.717, 1.165) is 128 Å².